The topological polar surface area (TPSA) is 15.7 Å². The van der Waals surface area contributed by atoms with E-state index in [1.165, 1.54) is 5.69 Å². The van der Waals surface area contributed by atoms with E-state index in [2.05, 4.69) is 30.0 Å². The van der Waals surface area contributed by atoms with Crippen LogP contribution in [-0.4, -0.2) is 45.2 Å². The van der Waals surface area contributed by atoms with Gasteiger partial charge in [0.05, 0.1) is 12.2 Å². The molecule has 3 nitrogen and oxygen atoms in total. The number of ether oxygens (including phenoxy) is 1. The lowest BCUT2D eigenvalue weighted by Crippen LogP contribution is -2.37. The molecular formula is C12H17N2O. The highest BCUT2D eigenvalue weighted by Crippen LogP contribution is 2.30. The molecule has 1 aromatic rings. The molecule has 1 heterocycles. The van der Waals surface area contributed by atoms with Gasteiger partial charge in [0.15, 0.2) is 0 Å². The predicted octanol–water partition coefficient (Wildman–Crippen LogP) is 1.25. The van der Waals surface area contributed by atoms with E-state index in [1.807, 2.05) is 18.2 Å². The summed E-state index contributed by atoms with van der Waals surface area (Å²) in [6.07, 6.45) is 0. The molecule has 1 radical (unpaired) electrons. The van der Waals surface area contributed by atoms with Gasteiger partial charge in [-0.15, -0.1) is 0 Å². The molecule has 81 valence electrons. The Balaban J connectivity index is 2.08. The molecule has 2 rings (SSSR count). The molecule has 0 fully saturated rings. The van der Waals surface area contributed by atoms with Crippen molar-refractivity contribution in [1.82, 2.24) is 4.90 Å². The maximum absolute atomic E-state index is 5.59. The number of nitrogens with zero attached hydrogens (tertiary/aromatic N) is 2. The van der Waals surface area contributed by atoms with Crippen molar-refractivity contribution in [3.8, 4) is 5.75 Å². The predicted molar refractivity (Wildman–Crippen MR) is 61.5 cm³/mol. The minimum absolute atomic E-state index is 0.782. The minimum Gasteiger partial charge on any atom is -0.490 e. The molecule has 1 aliphatic heterocycles. The van der Waals surface area contributed by atoms with Crippen LogP contribution in [0.25, 0.3) is 0 Å². The first kappa shape index (κ1) is 10.3. The molecule has 0 N–H and O–H groups in total. The Kier molecular flexibility index (Phi) is 3.11. The van der Waals surface area contributed by atoms with Crippen molar-refractivity contribution in [3.63, 3.8) is 0 Å². The third kappa shape index (κ3) is 2.42. The van der Waals surface area contributed by atoms with Crippen LogP contribution in [0.15, 0.2) is 18.2 Å². The van der Waals surface area contributed by atoms with Crippen LogP contribution >= 0.6 is 0 Å². The summed E-state index contributed by atoms with van der Waals surface area (Å²) in [5.74, 6) is 0.985. The van der Waals surface area contributed by atoms with Crippen molar-refractivity contribution in [3.05, 3.63) is 24.3 Å². The van der Waals surface area contributed by atoms with E-state index in [-0.39, 0.29) is 0 Å². The summed E-state index contributed by atoms with van der Waals surface area (Å²) in [6.45, 7) is 3.86. The van der Waals surface area contributed by atoms with Gasteiger partial charge in [-0.1, -0.05) is 6.07 Å². The van der Waals surface area contributed by atoms with E-state index in [0.29, 0.717) is 0 Å². The summed E-state index contributed by atoms with van der Waals surface area (Å²) in [5.41, 5.74) is 1.17. The molecule has 0 saturated carbocycles. The third-order valence-corrected chi connectivity index (χ3v) is 2.58. The highest BCUT2D eigenvalue weighted by atomic mass is 16.5. The van der Waals surface area contributed by atoms with E-state index in [1.54, 1.807) is 0 Å². The molecule has 0 aromatic heterocycles. The Morgan fingerprint density at radius 2 is 2.40 bits per heavy atom. The first-order chi connectivity index (χ1) is 7.27. The van der Waals surface area contributed by atoms with Gasteiger partial charge in [-0.2, -0.15) is 0 Å². The van der Waals surface area contributed by atoms with Gasteiger partial charge in [0.2, 0.25) is 0 Å². The first-order valence-electron chi connectivity index (χ1n) is 5.30. The zero-order valence-electron chi connectivity index (χ0n) is 9.36. The summed E-state index contributed by atoms with van der Waals surface area (Å²) in [4.78, 5) is 4.55. The largest absolute Gasteiger partial charge is 0.490 e. The van der Waals surface area contributed by atoms with Crippen LogP contribution in [0.5, 0.6) is 5.75 Å². The Labute approximate surface area is 91.2 Å². The van der Waals surface area contributed by atoms with Crippen molar-refractivity contribution < 1.29 is 4.74 Å². The number of anilines is 1. The van der Waals surface area contributed by atoms with Gasteiger partial charge >= 0.3 is 0 Å². The Hall–Kier alpha value is -1.22. The average Bonchev–Trinajstić information content (AvgIpc) is 2.26. The quantitative estimate of drug-likeness (QED) is 0.738. The first-order valence-corrected chi connectivity index (χ1v) is 5.30. The van der Waals surface area contributed by atoms with E-state index < -0.39 is 0 Å². The molecule has 0 unspecified atom stereocenters. The van der Waals surface area contributed by atoms with E-state index in [9.17, 15) is 0 Å². The summed E-state index contributed by atoms with van der Waals surface area (Å²) in [6, 6.07) is 8.99. The fourth-order valence-corrected chi connectivity index (χ4v) is 1.72. The Morgan fingerprint density at radius 3 is 3.20 bits per heavy atom. The highest BCUT2D eigenvalue weighted by Gasteiger charge is 2.16. The lowest BCUT2D eigenvalue weighted by molar-refractivity contribution is 0.302. The van der Waals surface area contributed by atoms with Gasteiger partial charge in [0.25, 0.3) is 0 Å². The van der Waals surface area contributed by atoms with E-state index in [0.717, 1.165) is 32.0 Å². The molecule has 0 spiro atoms. The van der Waals surface area contributed by atoms with Crippen molar-refractivity contribution >= 4 is 5.69 Å². The molecular weight excluding hydrogens is 188 g/mol. The van der Waals surface area contributed by atoms with Gasteiger partial charge in [-0.05, 0) is 32.3 Å². The normalized spacial score (nSPS) is 15.0. The fourth-order valence-electron chi connectivity index (χ4n) is 1.72. The van der Waals surface area contributed by atoms with Gasteiger partial charge in [-0.25, -0.2) is 0 Å². The lowest BCUT2D eigenvalue weighted by atomic mass is 10.2. The van der Waals surface area contributed by atoms with Crippen LogP contribution < -0.4 is 9.64 Å². The van der Waals surface area contributed by atoms with Crippen molar-refractivity contribution in [2.45, 2.75) is 0 Å². The van der Waals surface area contributed by atoms with Gasteiger partial charge in [-0.3, -0.25) is 0 Å². The SMILES string of the molecule is CN(C)CCN1CCOc2cc[c]cc21. The van der Waals surface area contributed by atoms with Crippen molar-refractivity contribution in [1.29, 1.82) is 0 Å². The van der Waals surface area contributed by atoms with E-state index in [4.69, 9.17) is 4.74 Å². The summed E-state index contributed by atoms with van der Waals surface area (Å²) >= 11 is 0. The molecule has 0 amide bonds. The van der Waals surface area contributed by atoms with Crippen molar-refractivity contribution in [2.75, 3.05) is 45.2 Å². The van der Waals surface area contributed by atoms with Crippen LogP contribution in [0.2, 0.25) is 0 Å². The Morgan fingerprint density at radius 1 is 1.53 bits per heavy atom. The number of fused-ring (bicyclic) bond motifs is 1. The van der Waals surface area contributed by atoms with Gasteiger partial charge < -0.3 is 14.5 Å². The molecule has 1 aliphatic rings. The number of benzene rings is 1. The monoisotopic (exact) mass is 205 g/mol. The zero-order chi connectivity index (χ0) is 10.7. The zero-order valence-corrected chi connectivity index (χ0v) is 9.36. The fraction of sp³-hybridized carbons (Fsp3) is 0.500. The van der Waals surface area contributed by atoms with Crippen LogP contribution in [-0.2, 0) is 0 Å². The summed E-state index contributed by atoms with van der Waals surface area (Å²) in [7, 11) is 4.19. The lowest BCUT2D eigenvalue weighted by Gasteiger charge is -2.31. The standard InChI is InChI=1S/C12H17N2O/c1-13(2)7-8-14-9-10-15-12-6-4-3-5-11(12)14/h4-6H,7-10H2,1-2H3. The summed E-state index contributed by atoms with van der Waals surface area (Å²) < 4.78 is 5.59. The third-order valence-electron chi connectivity index (χ3n) is 2.58. The van der Waals surface area contributed by atoms with Gasteiger partial charge in [0, 0.05) is 13.1 Å². The highest BCUT2D eigenvalue weighted by molar-refractivity contribution is 5.59. The molecule has 0 aliphatic carbocycles. The van der Waals surface area contributed by atoms with Gasteiger partial charge in [0.1, 0.15) is 12.4 Å². The molecule has 0 bridgehead atoms. The molecule has 1 aromatic carbocycles. The molecule has 0 saturated heterocycles. The maximum Gasteiger partial charge on any atom is 0.142 e. The average molecular weight is 205 g/mol. The molecule has 15 heavy (non-hydrogen) atoms. The summed E-state index contributed by atoms with van der Waals surface area (Å²) in [5, 5.41) is 0. The smallest absolute Gasteiger partial charge is 0.142 e. The van der Waals surface area contributed by atoms with E-state index >= 15 is 0 Å². The number of likely N-dealkylation sites (N-methyl/N-ethyl adjacent to an activating group) is 1. The molecule has 0 atom stereocenters. The van der Waals surface area contributed by atoms with Crippen LogP contribution in [0, 0.1) is 6.07 Å². The maximum atomic E-state index is 5.59. The second kappa shape index (κ2) is 4.53. The van der Waals surface area contributed by atoms with Crippen LogP contribution in [0.4, 0.5) is 5.69 Å². The number of hydrogen-bond acceptors (Lipinski definition) is 3. The Bertz CT molecular complexity index is 325. The van der Waals surface area contributed by atoms with Crippen molar-refractivity contribution in [2.24, 2.45) is 0 Å². The van der Waals surface area contributed by atoms with Crippen LogP contribution in [0.1, 0.15) is 0 Å². The number of rotatable bonds is 3. The molecule has 3 heteroatoms. The second-order valence-electron chi connectivity index (χ2n) is 4.03. The number of hydrogen-bond donors (Lipinski definition) is 0. The second-order valence-corrected chi connectivity index (χ2v) is 4.03. The van der Waals surface area contributed by atoms with Crippen LogP contribution in [0.3, 0.4) is 0 Å². The minimum atomic E-state index is 0.782.